The molecule has 0 unspecified atom stereocenters. The summed E-state index contributed by atoms with van der Waals surface area (Å²) in [6, 6.07) is 12.4. The van der Waals surface area contributed by atoms with Crippen LogP contribution in [0.2, 0.25) is 5.02 Å². The van der Waals surface area contributed by atoms with Crippen LogP contribution < -0.4 is 14.8 Å². The zero-order chi connectivity index (χ0) is 18.4. The van der Waals surface area contributed by atoms with Gasteiger partial charge in [-0.05, 0) is 5.56 Å². The summed E-state index contributed by atoms with van der Waals surface area (Å²) in [5.74, 6) is -0.749. The maximum absolute atomic E-state index is 12.3. The number of carbonyl (C=O) groups is 2. The molecule has 0 aliphatic heterocycles. The highest BCUT2D eigenvalue weighted by molar-refractivity contribution is 6.39. The smallest absolute Gasteiger partial charge is 0.314 e. The monoisotopic (exact) mass is 362 g/mol. The van der Waals surface area contributed by atoms with Crippen molar-refractivity contribution in [1.29, 1.82) is 0 Å². The largest absolute Gasteiger partial charge is 0.495 e. The van der Waals surface area contributed by atoms with E-state index in [4.69, 9.17) is 21.1 Å². The zero-order valence-corrected chi connectivity index (χ0v) is 15.0. The van der Waals surface area contributed by atoms with Gasteiger partial charge in [-0.3, -0.25) is 9.59 Å². The summed E-state index contributed by atoms with van der Waals surface area (Å²) in [5.41, 5.74) is 1.23. The molecule has 0 aliphatic rings. The van der Waals surface area contributed by atoms with Crippen LogP contribution >= 0.6 is 11.6 Å². The van der Waals surface area contributed by atoms with Crippen LogP contribution in [0.5, 0.6) is 11.5 Å². The van der Waals surface area contributed by atoms with Gasteiger partial charge in [0, 0.05) is 25.7 Å². The Morgan fingerprint density at radius 3 is 2.32 bits per heavy atom. The molecule has 0 bridgehead atoms. The number of halogens is 1. The van der Waals surface area contributed by atoms with Gasteiger partial charge < -0.3 is 19.7 Å². The highest BCUT2D eigenvalue weighted by Crippen LogP contribution is 2.35. The predicted octanol–water partition coefficient (Wildman–Crippen LogP) is 2.95. The number of carbonyl (C=O) groups excluding carboxylic acids is 2. The quantitative estimate of drug-likeness (QED) is 0.830. The summed E-state index contributed by atoms with van der Waals surface area (Å²) >= 11 is 6.03. The maximum atomic E-state index is 12.3. The lowest BCUT2D eigenvalue weighted by atomic mass is 10.2. The van der Waals surface area contributed by atoms with E-state index in [1.165, 1.54) is 31.3 Å². The fourth-order valence-electron chi connectivity index (χ4n) is 2.24. The highest BCUT2D eigenvalue weighted by Gasteiger charge is 2.21. The van der Waals surface area contributed by atoms with Gasteiger partial charge in [0.1, 0.15) is 11.5 Å². The number of amides is 2. The molecule has 2 aromatic rings. The van der Waals surface area contributed by atoms with E-state index in [1.54, 1.807) is 7.05 Å². The van der Waals surface area contributed by atoms with Gasteiger partial charge in [0.2, 0.25) is 0 Å². The van der Waals surface area contributed by atoms with Crippen LogP contribution in [0.15, 0.2) is 42.5 Å². The summed E-state index contributed by atoms with van der Waals surface area (Å²) < 4.78 is 10.3. The third-order valence-corrected chi connectivity index (χ3v) is 3.82. The Hall–Kier alpha value is -2.73. The van der Waals surface area contributed by atoms with E-state index in [0.29, 0.717) is 28.8 Å². The van der Waals surface area contributed by atoms with Crippen molar-refractivity contribution in [3.63, 3.8) is 0 Å². The van der Waals surface area contributed by atoms with Gasteiger partial charge in [-0.25, -0.2) is 0 Å². The molecule has 132 valence electrons. The molecule has 1 N–H and O–H groups in total. The molecule has 0 radical (unpaired) electrons. The van der Waals surface area contributed by atoms with Gasteiger partial charge in [-0.2, -0.15) is 0 Å². The Kier molecular flexibility index (Phi) is 6.25. The Labute approximate surface area is 151 Å². The van der Waals surface area contributed by atoms with Gasteiger partial charge >= 0.3 is 11.8 Å². The number of rotatable bonds is 5. The predicted molar refractivity (Wildman–Crippen MR) is 96.1 cm³/mol. The second-order valence-corrected chi connectivity index (χ2v) is 5.70. The van der Waals surface area contributed by atoms with Crippen molar-refractivity contribution in [3.05, 3.63) is 53.1 Å². The number of benzene rings is 2. The van der Waals surface area contributed by atoms with Gasteiger partial charge in [0.05, 0.1) is 24.9 Å². The molecule has 0 heterocycles. The van der Waals surface area contributed by atoms with Gasteiger partial charge in [-0.15, -0.1) is 0 Å². The van der Waals surface area contributed by atoms with E-state index in [0.717, 1.165) is 5.56 Å². The standard InChI is InChI=1S/C18H19ClN2O4/c1-21(11-12-7-5-4-6-8-12)18(23)17(22)20-14-10-15(24-2)13(19)9-16(14)25-3/h4-10H,11H2,1-3H3,(H,20,22). The molecule has 0 aromatic heterocycles. The second-order valence-electron chi connectivity index (χ2n) is 5.29. The molecule has 0 atom stereocenters. The number of anilines is 1. The average molecular weight is 363 g/mol. The first-order valence-corrected chi connectivity index (χ1v) is 7.86. The molecule has 0 saturated carbocycles. The summed E-state index contributed by atoms with van der Waals surface area (Å²) in [6.07, 6.45) is 0. The molecule has 2 aromatic carbocycles. The molecule has 0 spiro atoms. The Bertz CT molecular complexity index is 765. The Morgan fingerprint density at radius 1 is 1.08 bits per heavy atom. The average Bonchev–Trinajstić information content (AvgIpc) is 2.62. The van der Waals surface area contributed by atoms with Crippen LogP contribution in [0.25, 0.3) is 0 Å². The van der Waals surface area contributed by atoms with Gasteiger partial charge in [0.25, 0.3) is 0 Å². The molecule has 6 nitrogen and oxygen atoms in total. The van der Waals surface area contributed by atoms with Crippen molar-refractivity contribution >= 4 is 29.1 Å². The number of nitrogens with one attached hydrogen (secondary N) is 1. The molecule has 2 rings (SSSR count). The first-order chi connectivity index (χ1) is 12.0. The molecular formula is C18H19ClN2O4. The van der Waals surface area contributed by atoms with Crippen molar-refractivity contribution in [2.45, 2.75) is 6.54 Å². The normalized spacial score (nSPS) is 10.1. The number of hydrogen-bond donors (Lipinski definition) is 1. The molecule has 7 heteroatoms. The topological polar surface area (TPSA) is 67.9 Å². The molecule has 0 saturated heterocycles. The van der Waals surface area contributed by atoms with E-state index < -0.39 is 11.8 Å². The van der Waals surface area contributed by atoms with Crippen LogP contribution in [0.1, 0.15) is 5.56 Å². The van der Waals surface area contributed by atoms with Crippen molar-refractivity contribution in [3.8, 4) is 11.5 Å². The van der Waals surface area contributed by atoms with Crippen LogP contribution in [0.3, 0.4) is 0 Å². The summed E-state index contributed by atoms with van der Waals surface area (Å²) in [6.45, 7) is 0.328. The van der Waals surface area contributed by atoms with Crippen molar-refractivity contribution in [2.75, 3.05) is 26.6 Å². The summed E-state index contributed by atoms with van der Waals surface area (Å²) in [7, 11) is 4.46. The van der Waals surface area contributed by atoms with Crippen LogP contribution in [0.4, 0.5) is 5.69 Å². The molecule has 2 amide bonds. The second kappa shape index (κ2) is 8.39. The lowest BCUT2D eigenvalue weighted by Crippen LogP contribution is -2.36. The lowest BCUT2D eigenvalue weighted by molar-refractivity contribution is -0.142. The fourth-order valence-corrected chi connectivity index (χ4v) is 2.47. The minimum Gasteiger partial charge on any atom is -0.495 e. The fraction of sp³-hybridized carbons (Fsp3) is 0.222. The minimum absolute atomic E-state index is 0.301. The molecule has 25 heavy (non-hydrogen) atoms. The lowest BCUT2D eigenvalue weighted by Gasteiger charge is -2.18. The molecule has 0 fully saturated rings. The van der Waals surface area contributed by atoms with E-state index in [2.05, 4.69) is 5.32 Å². The van der Waals surface area contributed by atoms with Gasteiger partial charge in [0.15, 0.2) is 0 Å². The summed E-state index contributed by atoms with van der Waals surface area (Å²) in [4.78, 5) is 25.9. The van der Waals surface area contributed by atoms with Crippen molar-refractivity contribution in [1.82, 2.24) is 4.90 Å². The maximum Gasteiger partial charge on any atom is 0.314 e. The van der Waals surface area contributed by atoms with Gasteiger partial charge in [-0.1, -0.05) is 41.9 Å². The third kappa shape index (κ3) is 4.64. The minimum atomic E-state index is -0.777. The number of methoxy groups -OCH3 is 2. The first kappa shape index (κ1) is 18.6. The number of nitrogens with zero attached hydrogens (tertiary/aromatic N) is 1. The van der Waals surface area contributed by atoms with Crippen LogP contribution in [-0.2, 0) is 16.1 Å². The first-order valence-electron chi connectivity index (χ1n) is 7.48. The zero-order valence-electron chi connectivity index (χ0n) is 14.2. The number of likely N-dealkylation sites (N-methyl/N-ethyl adjacent to an activating group) is 1. The highest BCUT2D eigenvalue weighted by atomic mass is 35.5. The number of hydrogen-bond acceptors (Lipinski definition) is 4. The van der Waals surface area contributed by atoms with Crippen molar-refractivity contribution < 1.29 is 19.1 Å². The van der Waals surface area contributed by atoms with E-state index in [9.17, 15) is 9.59 Å². The van der Waals surface area contributed by atoms with Crippen molar-refractivity contribution in [2.24, 2.45) is 0 Å². The molecule has 0 aliphatic carbocycles. The Morgan fingerprint density at radius 2 is 1.72 bits per heavy atom. The number of ether oxygens (including phenoxy) is 2. The third-order valence-electron chi connectivity index (χ3n) is 3.53. The summed E-state index contributed by atoms with van der Waals surface area (Å²) in [5, 5.41) is 2.87. The van der Waals surface area contributed by atoms with E-state index in [1.807, 2.05) is 30.3 Å². The Balaban J connectivity index is 2.11. The van der Waals surface area contributed by atoms with E-state index >= 15 is 0 Å². The SMILES string of the molecule is COc1cc(NC(=O)C(=O)N(C)Cc2ccccc2)c(OC)cc1Cl. The van der Waals surface area contributed by atoms with Crippen LogP contribution in [-0.4, -0.2) is 38.0 Å². The molecular weight excluding hydrogens is 344 g/mol. The van der Waals surface area contributed by atoms with E-state index in [-0.39, 0.29) is 0 Å². The van der Waals surface area contributed by atoms with Crippen LogP contribution in [0, 0.1) is 0 Å².